The lowest BCUT2D eigenvalue weighted by Crippen LogP contribution is -2.51. The van der Waals surface area contributed by atoms with Gasteiger partial charge in [0.1, 0.15) is 5.15 Å². The molecule has 39 heavy (non-hydrogen) atoms. The zero-order valence-electron chi connectivity index (χ0n) is 24.3. The van der Waals surface area contributed by atoms with Crippen LogP contribution in [0.15, 0.2) is 36.4 Å². The predicted molar refractivity (Wildman–Crippen MR) is 157 cm³/mol. The van der Waals surface area contributed by atoms with Gasteiger partial charge in [-0.25, -0.2) is 9.78 Å². The first-order valence-electron chi connectivity index (χ1n) is 14.3. The van der Waals surface area contributed by atoms with E-state index in [9.17, 15) is 9.59 Å². The van der Waals surface area contributed by atoms with Gasteiger partial charge in [-0.3, -0.25) is 4.79 Å². The fourth-order valence-electron chi connectivity index (χ4n) is 6.06. The van der Waals surface area contributed by atoms with Crippen LogP contribution in [0.4, 0.5) is 4.79 Å². The predicted octanol–water partition coefficient (Wildman–Crippen LogP) is 5.99. The molecule has 3 amide bonds. The number of amides is 3. The smallest absolute Gasteiger partial charge is 0.321 e. The van der Waals surface area contributed by atoms with Gasteiger partial charge in [0.2, 0.25) is 0 Å². The second kappa shape index (κ2) is 12.3. The Kier molecular flexibility index (Phi) is 9.22. The van der Waals surface area contributed by atoms with Gasteiger partial charge in [0, 0.05) is 43.8 Å². The minimum atomic E-state index is -0.169. The number of hydrogen-bond donors (Lipinski definition) is 1. The van der Waals surface area contributed by atoms with E-state index in [0.29, 0.717) is 29.0 Å². The van der Waals surface area contributed by atoms with E-state index in [2.05, 4.69) is 77.0 Å². The van der Waals surface area contributed by atoms with Gasteiger partial charge in [-0.1, -0.05) is 48.9 Å². The van der Waals surface area contributed by atoms with E-state index in [1.165, 1.54) is 5.56 Å². The average Bonchev–Trinajstić information content (AvgIpc) is 3.26. The average molecular weight is 554 g/mol. The lowest BCUT2D eigenvalue weighted by molar-refractivity contribution is 0.0866. The highest BCUT2D eigenvalue weighted by atomic mass is 35.5. The Balaban J connectivity index is 1.34. The van der Waals surface area contributed by atoms with Crippen LogP contribution in [-0.2, 0) is 0 Å². The number of likely N-dealkylation sites (tertiary alicyclic amines) is 1. The monoisotopic (exact) mass is 553 g/mol. The normalized spacial score (nSPS) is 20.0. The second-order valence-corrected chi connectivity index (χ2v) is 12.2. The molecule has 2 aromatic rings. The van der Waals surface area contributed by atoms with Crippen molar-refractivity contribution in [3.05, 3.63) is 63.9 Å². The maximum atomic E-state index is 13.8. The number of carbonyl (C=O) groups excluding carboxylic acids is 2. The first kappa shape index (κ1) is 29.3. The Bertz CT molecular complexity index is 1140. The van der Waals surface area contributed by atoms with Crippen LogP contribution in [0.5, 0.6) is 0 Å². The van der Waals surface area contributed by atoms with E-state index in [0.717, 1.165) is 50.9 Å². The van der Waals surface area contributed by atoms with E-state index in [1.54, 1.807) is 6.07 Å². The summed E-state index contributed by atoms with van der Waals surface area (Å²) in [6, 6.07) is 13.0. The molecule has 7 nitrogen and oxygen atoms in total. The van der Waals surface area contributed by atoms with Crippen molar-refractivity contribution in [2.45, 2.75) is 90.9 Å². The topological polar surface area (TPSA) is 68.8 Å². The van der Waals surface area contributed by atoms with Gasteiger partial charge in [-0.2, -0.15) is 0 Å². The molecule has 4 rings (SSSR count). The first-order valence-corrected chi connectivity index (χ1v) is 14.7. The van der Waals surface area contributed by atoms with Gasteiger partial charge in [-0.15, -0.1) is 0 Å². The van der Waals surface area contributed by atoms with Gasteiger partial charge in [0.15, 0.2) is 0 Å². The number of hydrogen-bond acceptors (Lipinski definition) is 4. The molecule has 0 spiro atoms. The quantitative estimate of drug-likeness (QED) is 0.387. The van der Waals surface area contributed by atoms with E-state index < -0.39 is 0 Å². The molecule has 0 aliphatic carbocycles. The van der Waals surface area contributed by atoms with Crippen LogP contribution in [0, 0.1) is 13.8 Å². The number of nitrogens with one attached hydrogen (secondary N) is 1. The molecule has 0 radical (unpaired) electrons. The fraction of sp³-hybridized carbons (Fsp3) is 0.581. The summed E-state index contributed by atoms with van der Waals surface area (Å²) in [5, 5.41) is 3.48. The van der Waals surface area contributed by atoms with Crippen molar-refractivity contribution in [3.63, 3.8) is 0 Å². The number of rotatable bonds is 9. The highest BCUT2D eigenvalue weighted by Crippen LogP contribution is 2.38. The molecule has 2 aliphatic rings. The summed E-state index contributed by atoms with van der Waals surface area (Å²) in [7, 11) is 0. The van der Waals surface area contributed by atoms with Gasteiger partial charge in [-0.05, 0) is 77.5 Å². The third kappa shape index (κ3) is 6.41. The van der Waals surface area contributed by atoms with Gasteiger partial charge >= 0.3 is 6.03 Å². The Morgan fingerprint density at radius 3 is 2.46 bits per heavy atom. The van der Waals surface area contributed by atoms with Crippen LogP contribution in [-0.4, -0.2) is 75.4 Å². The zero-order chi connectivity index (χ0) is 28.3. The molecular formula is C31H44ClN5O2. The minimum Gasteiger partial charge on any atom is -0.352 e. The molecule has 1 aromatic carbocycles. The number of pyridine rings is 1. The van der Waals surface area contributed by atoms with Crippen LogP contribution >= 0.6 is 11.6 Å². The number of carbonyl (C=O) groups is 2. The van der Waals surface area contributed by atoms with Gasteiger partial charge < -0.3 is 20.0 Å². The number of halogens is 1. The highest BCUT2D eigenvalue weighted by molar-refractivity contribution is 6.29. The first-order chi connectivity index (χ1) is 18.5. The van der Waals surface area contributed by atoms with Crippen LogP contribution in [0.2, 0.25) is 5.15 Å². The van der Waals surface area contributed by atoms with Crippen LogP contribution in [0.3, 0.4) is 0 Å². The molecule has 2 atom stereocenters. The number of aryl methyl sites for hydroxylation is 2. The van der Waals surface area contributed by atoms with Crippen molar-refractivity contribution in [2.24, 2.45) is 0 Å². The maximum Gasteiger partial charge on any atom is 0.321 e. The third-order valence-electron chi connectivity index (χ3n) is 8.88. The number of urea groups is 1. The van der Waals surface area contributed by atoms with Crippen molar-refractivity contribution >= 4 is 23.5 Å². The fourth-order valence-corrected chi connectivity index (χ4v) is 6.35. The van der Waals surface area contributed by atoms with E-state index in [4.69, 9.17) is 11.6 Å². The van der Waals surface area contributed by atoms with Crippen LogP contribution in [0.1, 0.15) is 86.6 Å². The lowest BCUT2D eigenvalue weighted by Gasteiger charge is -2.41. The number of piperidine rings is 1. The lowest BCUT2D eigenvalue weighted by atomic mass is 9.97. The molecular weight excluding hydrogens is 510 g/mol. The number of nitrogens with zero attached hydrogens (tertiary/aromatic N) is 4. The number of benzene rings is 1. The van der Waals surface area contributed by atoms with E-state index >= 15 is 0 Å². The van der Waals surface area contributed by atoms with E-state index in [-0.39, 0.29) is 29.6 Å². The summed E-state index contributed by atoms with van der Waals surface area (Å²) in [6.07, 6.45) is 3.71. The Morgan fingerprint density at radius 2 is 1.85 bits per heavy atom. The highest BCUT2D eigenvalue weighted by Gasteiger charge is 2.47. The summed E-state index contributed by atoms with van der Waals surface area (Å²) >= 11 is 6.02. The van der Waals surface area contributed by atoms with Gasteiger partial charge in [0.25, 0.3) is 5.91 Å². The molecule has 212 valence electrons. The molecule has 2 aliphatic heterocycles. The molecule has 2 fully saturated rings. The standard InChI is InChI=1S/C31H44ClN5O2/c1-7-31(5,6)36-20-26(24-11-9-8-10-12-24)37(30(36)39)25-14-17-35(18-15-25)22(3)13-16-33-29(38)28-21(2)19-27(32)34-23(28)4/h8-12,19,22,25-26H,7,13-18,20H2,1-6H3,(H,33,38). The molecule has 0 bridgehead atoms. The van der Waals surface area contributed by atoms with Crippen molar-refractivity contribution in [2.75, 3.05) is 26.2 Å². The zero-order valence-corrected chi connectivity index (χ0v) is 25.1. The van der Waals surface area contributed by atoms with Crippen LogP contribution < -0.4 is 5.32 Å². The molecule has 1 aromatic heterocycles. The Hall–Kier alpha value is -2.64. The summed E-state index contributed by atoms with van der Waals surface area (Å²) in [6.45, 7) is 15.7. The van der Waals surface area contributed by atoms with Crippen molar-refractivity contribution in [3.8, 4) is 0 Å². The van der Waals surface area contributed by atoms with Crippen LogP contribution in [0.25, 0.3) is 0 Å². The summed E-state index contributed by atoms with van der Waals surface area (Å²) in [5.74, 6) is -0.0980. The summed E-state index contributed by atoms with van der Waals surface area (Å²) < 4.78 is 0. The minimum absolute atomic E-state index is 0.0861. The van der Waals surface area contributed by atoms with Crippen molar-refractivity contribution in [1.82, 2.24) is 25.0 Å². The Labute approximate surface area is 238 Å². The number of aromatic nitrogens is 1. The van der Waals surface area contributed by atoms with Gasteiger partial charge in [0.05, 0.1) is 17.3 Å². The second-order valence-electron chi connectivity index (χ2n) is 11.8. The molecule has 8 heteroatoms. The molecule has 1 N–H and O–H groups in total. The maximum absolute atomic E-state index is 13.8. The third-order valence-corrected chi connectivity index (χ3v) is 9.07. The van der Waals surface area contributed by atoms with Crippen molar-refractivity contribution < 1.29 is 9.59 Å². The molecule has 3 heterocycles. The molecule has 2 saturated heterocycles. The largest absolute Gasteiger partial charge is 0.352 e. The SMILES string of the molecule is CCC(C)(C)N1CC(c2ccccc2)N(C2CCN(C(C)CCNC(=O)c3c(C)cc(Cl)nc3C)CC2)C1=O. The Morgan fingerprint density at radius 1 is 1.18 bits per heavy atom. The van der Waals surface area contributed by atoms with Crippen molar-refractivity contribution in [1.29, 1.82) is 0 Å². The molecule has 2 unspecified atom stereocenters. The summed E-state index contributed by atoms with van der Waals surface area (Å²) in [5.41, 5.74) is 3.15. The molecule has 0 saturated carbocycles. The summed E-state index contributed by atoms with van der Waals surface area (Å²) in [4.78, 5) is 37.6. The van der Waals surface area contributed by atoms with E-state index in [1.807, 2.05) is 19.9 Å².